The smallest absolute Gasteiger partial charge is 0.119 e. The second-order valence-electron chi connectivity index (χ2n) is 2.92. The average Bonchev–Trinajstić information content (AvgIpc) is 2.26. The lowest BCUT2D eigenvalue weighted by Gasteiger charge is -2.04. The number of hydrogen-bond acceptors (Lipinski definition) is 2. The number of nitrogens with zero attached hydrogens (tertiary/aromatic N) is 1. The van der Waals surface area contributed by atoms with Gasteiger partial charge in [0.15, 0.2) is 0 Å². The molecule has 0 spiro atoms. The molecule has 3 heteroatoms. The van der Waals surface area contributed by atoms with Crippen molar-refractivity contribution in [3.05, 3.63) is 36.7 Å². The average molecular weight is 252 g/mol. The van der Waals surface area contributed by atoms with Crippen LogP contribution in [0.1, 0.15) is 0 Å². The van der Waals surface area contributed by atoms with Crippen molar-refractivity contribution in [2.24, 2.45) is 0 Å². The first-order valence-electron chi connectivity index (χ1n) is 4.43. The van der Waals surface area contributed by atoms with Gasteiger partial charge in [-0.3, -0.25) is 4.98 Å². The van der Waals surface area contributed by atoms with E-state index in [2.05, 4.69) is 20.9 Å². The van der Waals surface area contributed by atoms with Gasteiger partial charge in [0.2, 0.25) is 0 Å². The van der Waals surface area contributed by atoms with Gasteiger partial charge in [0.1, 0.15) is 5.75 Å². The molecule has 0 aliphatic carbocycles. The fourth-order valence-corrected chi connectivity index (χ4v) is 1.47. The molecule has 0 N–H and O–H groups in total. The monoisotopic (exact) mass is 251 g/mol. The Morgan fingerprint density at radius 2 is 2.14 bits per heavy atom. The zero-order valence-electron chi connectivity index (χ0n) is 7.61. The third-order valence-corrected chi connectivity index (χ3v) is 2.28. The van der Waals surface area contributed by atoms with Crippen LogP contribution in [0.5, 0.6) is 5.75 Å². The van der Waals surface area contributed by atoms with Crippen molar-refractivity contribution in [3.63, 3.8) is 0 Å². The number of aromatic nitrogens is 1. The van der Waals surface area contributed by atoms with Crippen LogP contribution in [-0.4, -0.2) is 16.9 Å². The van der Waals surface area contributed by atoms with E-state index >= 15 is 0 Å². The summed E-state index contributed by atoms with van der Waals surface area (Å²) in [7, 11) is 0. The molecule has 0 radical (unpaired) electrons. The molecule has 0 amide bonds. The molecule has 1 heterocycles. The number of hydrogen-bond donors (Lipinski definition) is 0. The van der Waals surface area contributed by atoms with Crippen molar-refractivity contribution in [1.29, 1.82) is 0 Å². The molecule has 0 saturated heterocycles. The lowest BCUT2D eigenvalue weighted by molar-refractivity contribution is 0.345. The molecule has 0 fully saturated rings. The predicted octanol–water partition coefficient (Wildman–Crippen LogP) is 3.01. The van der Waals surface area contributed by atoms with E-state index < -0.39 is 0 Å². The molecule has 72 valence electrons. The molecular weight excluding hydrogens is 242 g/mol. The zero-order valence-corrected chi connectivity index (χ0v) is 9.20. The van der Waals surface area contributed by atoms with Crippen LogP contribution in [-0.2, 0) is 0 Å². The molecule has 2 rings (SSSR count). The molecule has 2 nitrogen and oxygen atoms in total. The summed E-state index contributed by atoms with van der Waals surface area (Å²) in [5.41, 5.74) is 0. The second kappa shape index (κ2) is 4.42. The Hall–Kier alpha value is -1.09. The Morgan fingerprint density at radius 1 is 1.21 bits per heavy atom. The van der Waals surface area contributed by atoms with Crippen LogP contribution < -0.4 is 4.74 Å². The van der Waals surface area contributed by atoms with Crippen LogP contribution in [0, 0.1) is 0 Å². The largest absolute Gasteiger partial charge is 0.493 e. The second-order valence-corrected chi connectivity index (χ2v) is 3.72. The summed E-state index contributed by atoms with van der Waals surface area (Å²) < 4.78 is 5.50. The van der Waals surface area contributed by atoms with Crippen LogP contribution >= 0.6 is 15.9 Å². The first-order valence-corrected chi connectivity index (χ1v) is 5.55. The molecule has 2 aromatic rings. The fraction of sp³-hybridized carbons (Fsp3) is 0.182. The highest BCUT2D eigenvalue weighted by Crippen LogP contribution is 2.19. The van der Waals surface area contributed by atoms with Crippen molar-refractivity contribution < 1.29 is 4.74 Å². The summed E-state index contributed by atoms with van der Waals surface area (Å²) in [6.07, 6.45) is 3.64. The highest BCUT2D eigenvalue weighted by atomic mass is 79.9. The van der Waals surface area contributed by atoms with E-state index in [1.165, 1.54) is 0 Å². The predicted molar refractivity (Wildman–Crippen MR) is 61.0 cm³/mol. The molecule has 0 bridgehead atoms. The molecule has 0 aliphatic heterocycles. The molecule has 0 aliphatic rings. The molecule has 1 aromatic carbocycles. The van der Waals surface area contributed by atoms with E-state index in [0.717, 1.165) is 21.9 Å². The number of pyridine rings is 1. The summed E-state index contributed by atoms with van der Waals surface area (Å²) in [6, 6.07) is 7.99. The van der Waals surface area contributed by atoms with E-state index in [1.54, 1.807) is 6.20 Å². The number of fused-ring (bicyclic) bond motifs is 1. The molecule has 1 aromatic heterocycles. The maximum atomic E-state index is 5.50. The topological polar surface area (TPSA) is 22.1 Å². The third kappa shape index (κ3) is 2.04. The van der Waals surface area contributed by atoms with Gasteiger partial charge in [-0.2, -0.15) is 0 Å². The molecule has 0 atom stereocenters. The van der Waals surface area contributed by atoms with Crippen LogP contribution in [0.15, 0.2) is 36.7 Å². The SMILES string of the molecule is BrCCOc1ccc2cnccc2c1. The Balaban J connectivity index is 2.32. The van der Waals surface area contributed by atoms with Gasteiger partial charge in [-0.15, -0.1) is 0 Å². The van der Waals surface area contributed by atoms with Gasteiger partial charge in [0.05, 0.1) is 6.61 Å². The highest BCUT2D eigenvalue weighted by molar-refractivity contribution is 9.09. The first kappa shape index (κ1) is 9.46. The summed E-state index contributed by atoms with van der Waals surface area (Å²) in [5, 5.41) is 3.15. The lowest BCUT2D eigenvalue weighted by atomic mass is 10.2. The molecule has 0 unspecified atom stereocenters. The van der Waals surface area contributed by atoms with Crippen LogP contribution in [0.25, 0.3) is 10.8 Å². The van der Waals surface area contributed by atoms with E-state index in [9.17, 15) is 0 Å². The summed E-state index contributed by atoms with van der Waals surface area (Å²) in [5.74, 6) is 0.906. The Kier molecular flexibility index (Phi) is 2.99. The van der Waals surface area contributed by atoms with E-state index in [-0.39, 0.29) is 0 Å². The maximum absolute atomic E-state index is 5.50. The number of ether oxygens (including phenoxy) is 1. The van der Waals surface area contributed by atoms with Gasteiger partial charge in [0.25, 0.3) is 0 Å². The first-order chi connectivity index (χ1) is 6.90. The fourth-order valence-electron chi connectivity index (χ4n) is 1.31. The van der Waals surface area contributed by atoms with Crippen molar-refractivity contribution >= 4 is 26.7 Å². The van der Waals surface area contributed by atoms with E-state index in [0.29, 0.717) is 6.61 Å². The van der Waals surface area contributed by atoms with Gasteiger partial charge in [0, 0.05) is 23.1 Å². The zero-order chi connectivity index (χ0) is 9.80. The van der Waals surface area contributed by atoms with Crippen molar-refractivity contribution in [2.45, 2.75) is 0 Å². The van der Waals surface area contributed by atoms with Crippen LogP contribution in [0.4, 0.5) is 0 Å². The number of rotatable bonds is 3. The minimum absolute atomic E-state index is 0.691. The van der Waals surface area contributed by atoms with E-state index in [4.69, 9.17) is 4.74 Å². The quantitative estimate of drug-likeness (QED) is 0.783. The van der Waals surface area contributed by atoms with Crippen LogP contribution in [0.3, 0.4) is 0 Å². The summed E-state index contributed by atoms with van der Waals surface area (Å²) >= 11 is 3.32. The van der Waals surface area contributed by atoms with Gasteiger partial charge in [-0.25, -0.2) is 0 Å². The standard InChI is InChI=1S/C11H10BrNO/c12-4-6-14-11-2-1-10-8-13-5-3-9(10)7-11/h1-3,5,7-8H,4,6H2. The minimum atomic E-state index is 0.691. The highest BCUT2D eigenvalue weighted by Gasteiger charge is 1.96. The van der Waals surface area contributed by atoms with E-state index in [1.807, 2.05) is 30.5 Å². The van der Waals surface area contributed by atoms with Crippen molar-refractivity contribution in [3.8, 4) is 5.75 Å². The maximum Gasteiger partial charge on any atom is 0.119 e. The Labute approximate surface area is 91.0 Å². The Bertz CT molecular complexity index is 430. The van der Waals surface area contributed by atoms with Crippen LogP contribution in [0.2, 0.25) is 0 Å². The normalized spacial score (nSPS) is 10.4. The van der Waals surface area contributed by atoms with Gasteiger partial charge >= 0.3 is 0 Å². The number of benzene rings is 1. The van der Waals surface area contributed by atoms with Gasteiger partial charge < -0.3 is 4.74 Å². The summed E-state index contributed by atoms with van der Waals surface area (Å²) in [6.45, 7) is 0.691. The number of halogens is 1. The van der Waals surface area contributed by atoms with Crippen molar-refractivity contribution in [2.75, 3.05) is 11.9 Å². The third-order valence-electron chi connectivity index (χ3n) is 1.96. The number of alkyl halides is 1. The van der Waals surface area contributed by atoms with Gasteiger partial charge in [-0.05, 0) is 29.7 Å². The van der Waals surface area contributed by atoms with Gasteiger partial charge in [-0.1, -0.05) is 15.9 Å². The summed E-state index contributed by atoms with van der Waals surface area (Å²) in [4.78, 5) is 4.06. The molecule has 14 heavy (non-hydrogen) atoms. The minimum Gasteiger partial charge on any atom is -0.493 e. The van der Waals surface area contributed by atoms with Crippen molar-refractivity contribution in [1.82, 2.24) is 4.98 Å². The molecule has 0 saturated carbocycles. The lowest BCUT2D eigenvalue weighted by Crippen LogP contribution is -1.97. The Morgan fingerprint density at radius 3 is 3.00 bits per heavy atom. The molecular formula is C11H10BrNO.